The van der Waals surface area contributed by atoms with Crippen molar-refractivity contribution in [2.75, 3.05) is 6.61 Å². The number of ether oxygens (including phenoxy) is 1. The number of hydrogen-bond donors (Lipinski definition) is 2. The van der Waals surface area contributed by atoms with Crippen LogP contribution in [-0.4, -0.2) is 35.0 Å². The van der Waals surface area contributed by atoms with E-state index in [4.69, 9.17) is 9.84 Å². The molecule has 0 saturated heterocycles. The summed E-state index contributed by atoms with van der Waals surface area (Å²) in [5.74, 6) is -0.553. The Balaban J connectivity index is 3.92. The summed E-state index contributed by atoms with van der Waals surface area (Å²) in [5.41, 5.74) is 0. The molecule has 0 aliphatic carbocycles. The van der Waals surface area contributed by atoms with E-state index in [0.717, 1.165) is 6.08 Å². The molecule has 3 unspecified atom stereocenters. The van der Waals surface area contributed by atoms with Crippen LogP contribution in [0, 0.1) is 5.92 Å². The molecule has 0 heterocycles. The average Bonchev–Trinajstić information content (AvgIpc) is 2.17. The maximum Gasteiger partial charge on any atom is 0.330 e. The summed E-state index contributed by atoms with van der Waals surface area (Å²) < 4.78 is 4.82. The van der Waals surface area contributed by atoms with Crippen LogP contribution in [0.4, 0.5) is 0 Å². The number of aliphatic hydroxyl groups excluding tert-OH is 2. The standard InChI is InChI=1S/C10H18O4/c1-4-10(13)14-8(3)9(12)5-7(2)6-11/h4,7-9,11-12H,1,5-6H2,2-3H3. The van der Waals surface area contributed by atoms with Gasteiger partial charge in [0.25, 0.3) is 0 Å². The number of rotatable bonds is 6. The monoisotopic (exact) mass is 202 g/mol. The number of aliphatic hydroxyl groups is 2. The van der Waals surface area contributed by atoms with Gasteiger partial charge in [-0.05, 0) is 19.3 Å². The van der Waals surface area contributed by atoms with Gasteiger partial charge in [-0.3, -0.25) is 0 Å². The van der Waals surface area contributed by atoms with Crippen LogP contribution in [0.15, 0.2) is 12.7 Å². The van der Waals surface area contributed by atoms with E-state index in [2.05, 4.69) is 6.58 Å². The SMILES string of the molecule is C=CC(=O)OC(C)C(O)CC(C)CO. The van der Waals surface area contributed by atoms with Crippen LogP contribution in [0.5, 0.6) is 0 Å². The summed E-state index contributed by atoms with van der Waals surface area (Å²) in [7, 11) is 0. The van der Waals surface area contributed by atoms with Gasteiger partial charge in [0.15, 0.2) is 0 Å². The summed E-state index contributed by atoms with van der Waals surface area (Å²) in [6.07, 6.45) is 0.136. The first-order valence-corrected chi connectivity index (χ1v) is 4.63. The normalized spacial score (nSPS) is 16.9. The Hall–Kier alpha value is -0.870. The fourth-order valence-corrected chi connectivity index (χ4v) is 0.988. The quantitative estimate of drug-likeness (QED) is 0.485. The van der Waals surface area contributed by atoms with Crippen molar-refractivity contribution in [2.24, 2.45) is 5.92 Å². The summed E-state index contributed by atoms with van der Waals surface area (Å²) >= 11 is 0. The van der Waals surface area contributed by atoms with Crippen molar-refractivity contribution in [3.8, 4) is 0 Å². The topological polar surface area (TPSA) is 66.8 Å². The van der Waals surface area contributed by atoms with Gasteiger partial charge in [0.05, 0.1) is 6.10 Å². The molecule has 0 radical (unpaired) electrons. The Morgan fingerprint density at radius 2 is 2.14 bits per heavy atom. The van der Waals surface area contributed by atoms with E-state index in [9.17, 15) is 9.90 Å². The third kappa shape index (κ3) is 4.99. The maximum atomic E-state index is 10.8. The minimum absolute atomic E-state index is 0.00474. The zero-order chi connectivity index (χ0) is 11.1. The number of hydrogen-bond acceptors (Lipinski definition) is 4. The minimum atomic E-state index is -0.749. The van der Waals surface area contributed by atoms with Crippen molar-refractivity contribution < 1.29 is 19.7 Å². The molecular formula is C10H18O4. The second kappa shape index (κ2) is 6.56. The van der Waals surface area contributed by atoms with Crippen LogP contribution < -0.4 is 0 Å². The first-order valence-electron chi connectivity index (χ1n) is 4.63. The van der Waals surface area contributed by atoms with Crippen molar-refractivity contribution in [3.63, 3.8) is 0 Å². The van der Waals surface area contributed by atoms with Crippen LogP contribution in [0.1, 0.15) is 20.3 Å². The first-order chi connectivity index (χ1) is 6.51. The molecule has 3 atom stereocenters. The third-order valence-electron chi connectivity index (χ3n) is 1.97. The van der Waals surface area contributed by atoms with Crippen LogP contribution >= 0.6 is 0 Å². The fourth-order valence-electron chi connectivity index (χ4n) is 0.988. The Morgan fingerprint density at radius 1 is 1.57 bits per heavy atom. The second-order valence-corrected chi connectivity index (χ2v) is 3.44. The fraction of sp³-hybridized carbons (Fsp3) is 0.700. The van der Waals surface area contributed by atoms with Gasteiger partial charge in [0.1, 0.15) is 6.10 Å². The maximum absolute atomic E-state index is 10.8. The third-order valence-corrected chi connectivity index (χ3v) is 1.97. The lowest BCUT2D eigenvalue weighted by Crippen LogP contribution is -2.30. The lowest BCUT2D eigenvalue weighted by Gasteiger charge is -2.20. The molecule has 4 heteroatoms. The van der Waals surface area contributed by atoms with Crippen molar-refractivity contribution in [3.05, 3.63) is 12.7 Å². The second-order valence-electron chi connectivity index (χ2n) is 3.44. The smallest absolute Gasteiger partial charge is 0.330 e. The van der Waals surface area contributed by atoms with Crippen LogP contribution in [0.25, 0.3) is 0 Å². The largest absolute Gasteiger partial charge is 0.457 e. The van der Waals surface area contributed by atoms with Crippen LogP contribution in [-0.2, 0) is 9.53 Å². The van der Waals surface area contributed by atoms with Crippen LogP contribution in [0.2, 0.25) is 0 Å². The van der Waals surface area contributed by atoms with Gasteiger partial charge in [0, 0.05) is 12.7 Å². The molecule has 82 valence electrons. The molecule has 0 aromatic heterocycles. The molecule has 0 bridgehead atoms. The van der Waals surface area contributed by atoms with Gasteiger partial charge in [0.2, 0.25) is 0 Å². The number of carbonyl (C=O) groups is 1. The van der Waals surface area contributed by atoms with E-state index < -0.39 is 18.2 Å². The minimum Gasteiger partial charge on any atom is -0.457 e. The molecule has 0 aromatic rings. The Bertz CT molecular complexity index is 191. The van der Waals surface area contributed by atoms with E-state index in [1.54, 1.807) is 6.92 Å². The molecular weight excluding hydrogens is 184 g/mol. The first kappa shape index (κ1) is 13.1. The molecule has 0 rings (SSSR count). The van der Waals surface area contributed by atoms with Crippen molar-refractivity contribution in [2.45, 2.75) is 32.5 Å². The van der Waals surface area contributed by atoms with Crippen molar-refractivity contribution in [1.29, 1.82) is 0 Å². The van der Waals surface area contributed by atoms with Gasteiger partial charge in [-0.2, -0.15) is 0 Å². The van der Waals surface area contributed by atoms with Crippen molar-refractivity contribution >= 4 is 5.97 Å². The summed E-state index contributed by atoms with van der Waals surface area (Å²) in [6, 6.07) is 0. The number of esters is 1. The van der Waals surface area contributed by atoms with E-state index >= 15 is 0 Å². The highest BCUT2D eigenvalue weighted by Gasteiger charge is 2.19. The lowest BCUT2D eigenvalue weighted by molar-refractivity contribution is -0.148. The highest BCUT2D eigenvalue weighted by molar-refractivity contribution is 5.81. The molecule has 0 spiro atoms. The molecule has 14 heavy (non-hydrogen) atoms. The highest BCUT2D eigenvalue weighted by Crippen LogP contribution is 2.10. The van der Waals surface area contributed by atoms with Gasteiger partial charge >= 0.3 is 5.97 Å². The molecule has 0 aliphatic heterocycles. The highest BCUT2D eigenvalue weighted by atomic mass is 16.6. The van der Waals surface area contributed by atoms with E-state index in [0.29, 0.717) is 6.42 Å². The predicted octanol–water partition coefficient (Wildman–Crippen LogP) is 0.483. The lowest BCUT2D eigenvalue weighted by atomic mass is 10.0. The molecule has 2 N–H and O–H groups in total. The summed E-state index contributed by atoms with van der Waals surface area (Å²) in [4.78, 5) is 10.8. The van der Waals surface area contributed by atoms with Crippen LogP contribution in [0.3, 0.4) is 0 Å². The van der Waals surface area contributed by atoms with E-state index in [-0.39, 0.29) is 12.5 Å². The van der Waals surface area contributed by atoms with E-state index in [1.807, 2.05) is 6.92 Å². The Morgan fingerprint density at radius 3 is 2.57 bits per heavy atom. The summed E-state index contributed by atoms with van der Waals surface area (Å²) in [6.45, 7) is 6.69. The van der Waals surface area contributed by atoms with Crippen molar-refractivity contribution in [1.82, 2.24) is 0 Å². The predicted molar refractivity (Wildman–Crippen MR) is 52.6 cm³/mol. The molecule has 0 aliphatic rings. The molecule has 0 saturated carbocycles. The molecule has 0 aromatic carbocycles. The van der Waals surface area contributed by atoms with Gasteiger partial charge < -0.3 is 14.9 Å². The van der Waals surface area contributed by atoms with Gasteiger partial charge in [-0.25, -0.2) is 4.79 Å². The van der Waals surface area contributed by atoms with Gasteiger partial charge in [-0.15, -0.1) is 0 Å². The summed E-state index contributed by atoms with van der Waals surface area (Å²) in [5, 5.41) is 18.3. The van der Waals surface area contributed by atoms with E-state index in [1.165, 1.54) is 0 Å². The number of carbonyl (C=O) groups excluding carboxylic acids is 1. The zero-order valence-corrected chi connectivity index (χ0v) is 8.64. The zero-order valence-electron chi connectivity index (χ0n) is 8.64. The Labute approximate surface area is 84.2 Å². The average molecular weight is 202 g/mol. The Kier molecular flexibility index (Phi) is 6.16. The van der Waals surface area contributed by atoms with Gasteiger partial charge in [-0.1, -0.05) is 13.5 Å². The molecule has 0 fully saturated rings. The molecule has 4 nitrogen and oxygen atoms in total. The molecule has 0 amide bonds.